The van der Waals surface area contributed by atoms with E-state index < -0.39 is 5.97 Å². The predicted octanol–water partition coefficient (Wildman–Crippen LogP) is 2.94. The minimum absolute atomic E-state index is 0.242. The van der Waals surface area contributed by atoms with Crippen molar-refractivity contribution in [3.8, 4) is 5.75 Å². The lowest BCUT2D eigenvalue weighted by molar-refractivity contribution is 0.0696. The molecule has 0 aliphatic rings. The van der Waals surface area contributed by atoms with E-state index in [-0.39, 0.29) is 5.56 Å². The zero-order chi connectivity index (χ0) is 11.3. The standard InChI is InChI=1S/C11H11IO3/c1-2-3-6-15-10-7-8(11(13)14)4-5-9(10)12/h2-5,7H,6H2,1H3,(H,13,14)/b3-2+. The fourth-order valence-electron chi connectivity index (χ4n) is 0.981. The van der Waals surface area contributed by atoms with Crippen molar-refractivity contribution < 1.29 is 14.6 Å². The predicted molar refractivity (Wildman–Crippen MR) is 66.4 cm³/mol. The molecule has 0 spiro atoms. The topological polar surface area (TPSA) is 46.5 Å². The quantitative estimate of drug-likeness (QED) is 0.686. The molecule has 0 aliphatic heterocycles. The lowest BCUT2D eigenvalue weighted by atomic mass is 10.2. The van der Waals surface area contributed by atoms with E-state index in [2.05, 4.69) is 22.6 Å². The Morgan fingerprint density at radius 1 is 1.60 bits per heavy atom. The summed E-state index contributed by atoms with van der Waals surface area (Å²) in [7, 11) is 0. The van der Waals surface area contributed by atoms with Crippen LogP contribution in [-0.2, 0) is 0 Å². The second kappa shape index (κ2) is 5.75. The van der Waals surface area contributed by atoms with Crippen molar-refractivity contribution in [1.82, 2.24) is 0 Å². The molecule has 0 atom stereocenters. The van der Waals surface area contributed by atoms with Crippen LogP contribution in [-0.4, -0.2) is 17.7 Å². The maximum absolute atomic E-state index is 10.7. The Bertz CT molecular complexity index is 385. The van der Waals surface area contributed by atoms with E-state index in [0.717, 1.165) is 3.57 Å². The van der Waals surface area contributed by atoms with Crippen molar-refractivity contribution >= 4 is 28.6 Å². The van der Waals surface area contributed by atoms with Gasteiger partial charge in [0.05, 0.1) is 9.13 Å². The monoisotopic (exact) mass is 318 g/mol. The number of hydrogen-bond acceptors (Lipinski definition) is 2. The van der Waals surface area contributed by atoms with E-state index >= 15 is 0 Å². The van der Waals surface area contributed by atoms with E-state index in [1.165, 1.54) is 6.07 Å². The van der Waals surface area contributed by atoms with Crippen molar-refractivity contribution in [3.63, 3.8) is 0 Å². The van der Waals surface area contributed by atoms with Gasteiger partial charge < -0.3 is 9.84 Å². The Kier molecular flexibility index (Phi) is 4.61. The first kappa shape index (κ1) is 12.0. The summed E-state index contributed by atoms with van der Waals surface area (Å²) < 4.78 is 6.32. The third kappa shape index (κ3) is 3.54. The molecule has 1 aromatic carbocycles. The highest BCUT2D eigenvalue weighted by Crippen LogP contribution is 2.22. The lowest BCUT2D eigenvalue weighted by Gasteiger charge is -2.06. The summed E-state index contributed by atoms with van der Waals surface area (Å²) in [5, 5.41) is 8.80. The molecule has 0 heterocycles. The number of carbonyl (C=O) groups is 1. The molecule has 1 rings (SSSR count). The average Bonchev–Trinajstić information content (AvgIpc) is 2.20. The third-order valence-electron chi connectivity index (χ3n) is 1.75. The van der Waals surface area contributed by atoms with E-state index in [1.54, 1.807) is 12.1 Å². The summed E-state index contributed by atoms with van der Waals surface area (Å²) >= 11 is 2.11. The highest BCUT2D eigenvalue weighted by atomic mass is 127. The molecule has 80 valence electrons. The number of ether oxygens (including phenoxy) is 1. The first-order valence-electron chi connectivity index (χ1n) is 4.42. The molecule has 0 aliphatic carbocycles. The first-order valence-corrected chi connectivity index (χ1v) is 5.50. The minimum Gasteiger partial charge on any atom is -0.488 e. The van der Waals surface area contributed by atoms with Gasteiger partial charge in [0.25, 0.3) is 0 Å². The molecule has 0 aromatic heterocycles. The van der Waals surface area contributed by atoms with Gasteiger partial charge in [-0.3, -0.25) is 0 Å². The molecule has 15 heavy (non-hydrogen) atoms. The highest BCUT2D eigenvalue weighted by Gasteiger charge is 2.07. The van der Waals surface area contributed by atoms with Gasteiger partial charge in [-0.15, -0.1) is 0 Å². The Hall–Kier alpha value is -1.04. The molecule has 0 amide bonds. The first-order chi connectivity index (χ1) is 7.15. The fourth-order valence-corrected chi connectivity index (χ4v) is 1.47. The Balaban J connectivity index is 2.85. The molecule has 0 saturated carbocycles. The average molecular weight is 318 g/mol. The summed E-state index contributed by atoms with van der Waals surface area (Å²) in [5.41, 5.74) is 0.242. The molecule has 0 saturated heterocycles. The molecule has 1 N–H and O–H groups in total. The second-order valence-electron chi connectivity index (χ2n) is 2.83. The number of halogens is 1. The molecule has 0 fully saturated rings. The normalized spacial score (nSPS) is 10.5. The van der Waals surface area contributed by atoms with Gasteiger partial charge in [-0.1, -0.05) is 12.2 Å². The zero-order valence-electron chi connectivity index (χ0n) is 8.24. The molecule has 0 radical (unpaired) electrons. The number of hydrogen-bond donors (Lipinski definition) is 1. The number of aromatic carboxylic acids is 1. The Morgan fingerprint density at radius 3 is 2.93 bits per heavy atom. The number of carboxylic acids is 1. The van der Waals surface area contributed by atoms with E-state index in [1.807, 2.05) is 19.1 Å². The molecular weight excluding hydrogens is 307 g/mol. The van der Waals surface area contributed by atoms with Crippen molar-refractivity contribution in [3.05, 3.63) is 39.5 Å². The maximum Gasteiger partial charge on any atom is 0.335 e. The number of allylic oxidation sites excluding steroid dienone is 1. The van der Waals surface area contributed by atoms with Gasteiger partial charge in [0.2, 0.25) is 0 Å². The SMILES string of the molecule is C/C=C/COc1cc(C(=O)O)ccc1I. The molecule has 1 aromatic rings. The van der Waals surface area contributed by atoms with Crippen molar-refractivity contribution in [2.75, 3.05) is 6.61 Å². The molecule has 0 unspecified atom stereocenters. The number of rotatable bonds is 4. The van der Waals surface area contributed by atoms with Gasteiger partial charge in [0.15, 0.2) is 0 Å². The van der Waals surface area contributed by atoms with Crippen LogP contribution in [0.15, 0.2) is 30.4 Å². The molecular formula is C11H11IO3. The van der Waals surface area contributed by atoms with Crippen LogP contribution in [0.1, 0.15) is 17.3 Å². The molecule has 0 bridgehead atoms. The minimum atomic E-state index is -0.942. The van der Waals surface area contributed by atoms with Crippen LogP contribution in [0.4, 0.5) is 0 Å². The Morgan fingerprint density at radius 2 is 2.33 bits per heavy atom. The maximum atomic E-state index is 10.7. The summed E-state index contributed by atoms with van der Waals surface area (Å²) in [6.45, 7) is 2.36. The summed E-state index contributed by atoms with van der Waals surface area (Å²) in [6.07, 6.45) is 3.75. The zero-order valence-corrected chi connectivity index (χ0v) is 10.4. The molecule has 4 heteroatoms. The molecule has 3 nitrogen and oxygen atoms in total. The smallest absolute Gasteiger partial charge is 0.335 e. The van der Waals surface area contributed by atoms with Crippen LogP contribution in [0, 0.1) is 3.57 Å². The van der Waals surface area contributed by atoms with Crippen LogP contribution in [0.3, 0.4) is 0 Å². The van der Waals surface area contributed by atoms with Crippen molar-refractivity contribution in [2.45, 2.75) is 6.92 Å². The van der Waals surface area contributed by atoms with Crippen molar-refractivity contribution in [2.24, 2.45) is 0 Å². The Labute approximate surface area is 102 Å². The van der Waals surface area contributed by atoms with Crippen LogP contribution >= 0.6 is 22.6 Å². The van der Waals surface area contributed by atoms with Gasteiger partial charge in [0, 0.05) is 0 Å². The van der Waals surface area contributed by atoms with Gasteiger partial charge in [-0.25, -0.2) is 4.79 Å². The highest BCUT2D eigenvalue weighted by molar-refractivity contribution is 14.1. The largest absolute Gasteiger partial charge is 0.488 e. The number of carboxylic acid groups (broad SMARTS) is 1. The van der Waals surface area contributed by atoms with Gasteiger partial charge >= 0.3 is 5.97 Å². The lowest BCUT2D eigenvalue weighted by Crippen LogP contribution is -2.00. The number of benzene rings is 1. The van der Waals surface area contributed by atoms with E-state index in [4.69, 9.17) is 9.84 Å². The third-order valence-corrected chi connectivity index (χ3v) is 2.64. The van der Waals surface area contributed by atoms with Crippen LogP contribution < -0.4 is 4.74 Å². The summed E-state index contributed by atoms with van der Waals surface area (Å²) in [6, 6.07) is 4.83. The van der Waals surface area contributed by atoms with Crippen molar-refractivity contribution in [1.29, 1.82) is 0 Å². The van der Waals surface area contributed by atoms with Crippen LogP contribution in [0.2, 0.25) is 0 Å². The van der Waals surface area contributed by atoms with Crippen LogP contribution in [0.5, 0.6) is 5.75 Å². The fraction of sp³-hybridized carbons (Fsp3) is 0.182. The summed E-state index contributed by atoms with van der Waals surface area (Å²) in [4.78, 5) is 10.7. The van der Waals surface area contributed by atoms with Gasteiger partial charge in [0.1, 0.15) is 12.4 Å². The van der Waals surface area contributed by atoms with Crippen LogP contribution in [0.25, 0.3) is 0 Å². The second-order valence-corrected chi connectivity index (χ2v) is 3.99. The van der Waals surface area contributed by atoms with E-state index in [0.29, 0.717) is 12.4 Å². The van der Waals surface area contributed by atoms with Gasteiger partial charge in [-0.2, -0.15) is 0 Å². The summed E-state index contributed by atoms with van der Waals surface area (Å²) in [5.74, 6) is -0.337. The van der Waals surface area contributed by atoms with E-state index in [9.17, 15) is 4.79 Å². The van der Waals surface area contributed by atoms with Gasteiger partial charge in [-0.05, 0) is 47.7 Å².